The molecule has 17 heavy (non-hydrogen) atoms. The first-order valence-electron chi connectivity index (χ1n) is 7.23. The predicted molar refractivity (Wildman–Crippen MR) is 76.6 cm³/mol. The average molecular weight is 261 g/mol. The Labute approximate surface area is 109 Å². The lowest BCUT2D eigenvalue weighted by Gasteiger charge is -2.15. The maximum absolute atomic E-state index is 5.63. The lowest BCUT2D eigenvalue weighted by molar-refractivity contribution is 0.213. The molecule has 0 amide bonds. The normalized spacial score (nSPS) is 16.8. The van der Waals surface area contributed by atoms with Crippen molar-refractivity contribution in [2.45, 2.75) is 71.4 Å². The van der Waals surface area contributed by atoms with Crippen LogP contribution in [-0.4, -0.2) is 28.5 Å². The van der Waals surface area contributed by atoms with Crippen molar-refractivity contribution in [1.82, 2.24) is 0 Å². The molecule has 0 unspecified atom stereocenters. The molecular formula is C13H31NO2Si. The van der Waals surface area contributed by atoms with Crippen LogP contribution in [0.3, 0.4) is 0 Å². The average Bonchev–Trinajstić information content (AvgIpc) is 2.32. The SMILES string of the molecule is CCC[SiH](OCC)OCC.NC1CCCCC1. The van der Waals surface area contributed by atoms with Crippen molar-refractivity contribution in [3.63, 3.8) is 0 Å². The van der Waals surface area contributed by atoms with Crippen LogP contribution in [0.5, 0.6) is 0 Å². The largest absolute Gasteiger partial charge is 0.397 e. The summed E-state index contributed by atoms with van der Waals surface area (Å²) in [4.78, 5) is 0. The van der Waals surface area contributed by atoms with E-state index in [1.165, 1.54) is 38.5 Å². The van der Waals surface area contributed by atoms with Gasteiger partial charge in [0.15, 0.2) is 0 Å². The molecule has 0 aromatic carbocycles. The molecule has 0 bridgehead atoms. The van der Waals surface area contributed by atoms with Gasteiger partial charge in [0.05, 0.1) is 0 Å². The smallest absolute Gasteiger partial charge is 0.321 e. The summed E-state index contributed by atoms with van der Waals surface area (Å²) in [6.45, 7) is 7.81. The quantitative estimate of drug-likeness (QED) is 0.748. The Kier molecular flexibility index (Phi) is 12.6. The Bertz CT molecular complexity index is 138. The second kappa shape index (κ2) is 12.6. The van der Waals surface area contributed by atoms with Crippen LogP contribution in [-0.2, 0) is 8.85 Å². The first-order chi connectivity index (χ1) is 8.24. The molecule has 1 aliphatic rings. The number of rotatable bonds is 6. The van der Waals surface area contributed by atoms with Gasteiger partial charge in [0.1, 0.15) is 0 Å². The van der Waals surface area contributed by atoms with Gasteiger partial charge in [-0.1, -0.05) is 32.6 Å². The zero-order valence-electron chi connectivity index (χ0n) is 11.9. The lowest BCUT2D eigenvalue weighted by atomic mass is 9.97. The van der Waals surface area contributed by atoms with E-state index in [2.05, 4.69) is 6.92 Å². The van der Waals surface area contributed by atoms with E-state index in [4.69, 9.17) is 14.6 Å². The predicted octanol–water partition coefficient (Wildman–Crippen LogP) is 2.97. The summed E-state index contributed by atoms with van der Waals surface area (Å²) in [5, 5.41) is 0. The van der Waals surface area contributed by atoms with Gasteiger partial charge in [-0.05, 0) is 32.7 Å². The number of hydrogen-bond donors (Lipinski definition) is 1. The molecule has 2 N–H and O–H groups in total. The molecule has 3 nitrogen and oxygen atoms in total. The molecule has 1 fully saturated rings. The van der Waals surface area contributed by atoms with E-state index in [0.29, 0.717) is 6.04 Å². The van der Waals surface area contributed by atoms with Gasteiger partial charge < -0.3 is 14.6 Å². The first-order valence-corrected chi connectivity index (χ1v) is 8.99. The standard InChI is InChI=1S/C7H18O2Si.C6H13N/c1-4-7-10(8-5-2)9-6-3;7-6-4-2-1-3-5-6/h10H,4-7H2,1-3H3;6H,1-5,7H2. The fraction of sp³-hybridized carbons (Fsp3) is 1.00. The van der Waals surface area contributed by atoms with Crippen LogP contribution >= 0.6 is 0 Å². The first kappa shape index (κ1) is 17.1. The molecule has 104 valence electrons. The van der Waals surface area contributed by atoms with Gasteiger partial charge in [-0.15, -0.1) is 0 Å². The second-order valence-corrected chi connectivity index (χ2v) is 6.63. The molecule has 1 saturated carbocycles. The Morgan fingerprint density at radius 1 is 1.00 bits per heavy atom. The second-order valence-electron chi connectivity index (χ2n) is 4.53. The van der Waals surface area contributed by atoms with E-state index < -0.39 is 9.28 Å². The van der Waals surface area contributed by atoms with E-state index in [-0.39, 0.29) is 0 Å². The molecule has 0 heterocycles. The minimum absolute atomic E-state index is 0.536. The van der Waals surface area contributed by atoms with Crippen LogP contribution in [0.1, 0.15) is 59.3 Å². The Morgan fingerprint density at radius 3 is 1.82 bits per heavy atom. The molecule has 1 aliphatic carbocycles. The van der Waals surface area contributed by atoms with Crippen molar-refractivity contribution < 1.29 is 8.85 Å². The highest BCUT2D eigenvalue weighted by Gasteiger charge is 2.08. The number of nitrogens with two attached hydrogens (primary N) is 1. The molecule has 0 aromatic rings. The minimum Gasteiger partial charge on any atom is -0.397 e. The zero-order chi connectivity index (χ0) is 12.9. The lowest BCUT2D eigenvalue weighted by Crippen LogP contribution is -2.22. The van der Waals surface area contributed by atoms with Crippen molar-refractivity contribution in [3.8, 4) is 0 Å². The summed E-state index contributed by atoms with van der Waals surface area (Å²) in [7, 11) is -1.23. The summed E-state index contributed by atoms with van der Waals surface area (Å²) in [6.07, 6.45) is 7.84. The molecule has 0 aliphatic heterocycles. The Hall–Kier alpha value is 0.0969. The molecule has 0 aromatic heterocycles. The van der Waals surface area contributed by atoms with Gasteiger partial charge in [0.25, 0.3) is 0 Å². The van der Waals surface area contributed by atoms with Crippen molar-refractivity contribution in [3.05, 3.63) is 0 Å². The molecule has 0 spiro atoms. The molecule has 0 atom stereocenters. The molecule has 4 heteroatoms. The Morgan fingerprint density at radius 2 is 1.53 bits per heavy atom. The number of hydrogen-bond acceptors (Lipinski definition) is 3. The highest BCUT2D eigenvalue weighted by Crippen LogP contribution is 2.14. The molecule has 0 saturated heterocycles. The van der Waals surface area contributed by atoms with Gasteiger partial charge in [0.2, 0.25) is 0 Å². The van der Waals surface area contributed by atoms with Gasteiger partial charge in [-0.3, -0.25) is 0 Å². The van der Waals surface area contributed by atoms with Gasteiger partial charge in [-0.2, -0.15) is 0 Å². The van der Waals surface area contributed by atoms with E-state index >= 15 is 0 Å². The molecule has 1 rings (SSSR count). The summed E-state index contributed by atoms with van der Waals surface area (Å²) in [5.41, 5.74) is 5.63. The van der Waals surface area contributed by atoms with Crippen LogP contribution < -0.4 is 5.73 Å². The third-order valence-electron chi connectivity index (χ3n) is 2.88. The summed E-state index contributed by atoms with van der Waals surface area (Å²) in [6, 6.07) is 1.68. The van der Waals surface area contributed by atoms with Crippen molar-refractivity contribution >= 4 is 9.28 Å². The maximum atomic E-state index is 5.63. The van der Waals surface area contributed by atoms with E-state index in [1.807, 2.05) is 13.8 Å². The summed E-state index contributed by atoms with van der Waals surface area (Å²) < 4.78 is 10.9. The van der Waals surface area contributed by atoms with Crippen molar-refractivity contribution in [2.75, 3.05) is 13.2 Å². The van der Waals surface area contributed by atoms with Crippen LogP contribution in [0, 0.1) is 0 Å². The van der Waals surface area contributed by atoms with Crippen molar-refractivity contribution in [1.29, 1.82) is 0 Å². The van der Waals surface area contributed by atoms with Crippen molar-refractivity contribution in [2.24, 2.45) is 5.73 Å². The van der Waals surface area contributed by atoms with Crippen LogP contribution in [0.15, 0.2) is 0 Å². The van der Waals surface area contributed by atoms with Gasteiger partial charge in [-0.25, -0.2) is 0 Å². The van der Waals surface area contributed by atoms with Gasteiger partial charge >= 0.3 is 9.28 Å². The maximum Gasteiger partial charge on any atom is 0.321 e. The molecule has 0 radical (unpaired) electrons. The third kappa shape index (κ3) is 10.9. The third-order valence-corrected chi connectivity index (χ3v) is 5.34. The summed E-state index contributed by atoms with van der Waals surface area (Å²) >= 11 is 0. The van der Waals surface area contributed by atoms with E-state index in [0.717, 1.165) is 19.3 Å². The highest BCUT2D eigenvalue weighted by molar-refractivity contribution is 6.44. The highest BCUT2D eigenvalue weighted by atomic mass is 28.3. The fourth-order valence-corrected chi connectivity index (χ4v) is 3.60. The Balaban J connectivity index is 0.000000318. The fourth-order valence-electron chi connectivity index (χ4n) is 1.96. The van der Waals surface area contributed by atoms with Gasteiger partial charge in [0, 0.05) is 19.3 Å². The van der Waals surface area contributed by atoms with E-state index in [9.17, 15) is 0 Å². The minimum atomic E-state index is -1.23. The molecular weight excluding hydrogens is 230 g/mol. The topological polar surface area (TPSA) is 44.5 Å². The van der Waals surface area contributed by atoms with Crippen LogP contribution in [0.2, 0.25) is 6.04 Å². The summed E-state index contributed by atoms with van der Waals surface area (Å²) in [5.74, 6) is 0. The monoisotopic (exact) mass is 261 g/mol. The van der Waals surface area contributed by atoms with Crippen LogP contribution in [0.4, 0.5) is 0 Å². The zero-order valence-corrected chi connectivity index (χ0v) is 13.1. The van der Waals surface area contributed by atoms with Crippen LogP contribution in [0.25, 0.3) is 0 Å². The van der Waals surface area contributed by atoms with E-state index in [1.54, 1.807) is 0 Å².